The number of aromatic nitrogens is 1. The lowest BCUT2D eigenvalue weighted by molar-refractivity contribution is -0.120. The zero-order valence-electron chi connectivity index (χ0n) is 14.0. The monoisotopic (exact) mass is 373 g/mol. The third-order valence-electron chi connectivity index (χ3n) is 4.14. The molecule has 25 heavy (non-hydrogen) atoms. The van der Waals surface area contributed by atoms with Crippen LogP contribution in [0.4, 0.5) is 0 Å². The highest BCUT2D eigenvalue weighted by Crippen LogP contribution is 2.34. The van der Waals surface area contributed by atoms with Crippen molar-refractivity contribution in [3.63, 3.8) is 0 Å². The van der Waals surface area contributed by atoms with Gasteiger partial charge in [0.05, 0.1) is 20.0 Å². The fraction of sp³-hybridized carbons (Fsp3) is 0.278. The topological polar surface area (TPSA) is 85.1 Å². The lowest BCUT2D eigenvalue weighted by Gasteiger charge is -2.20. The minimum absolute atomic E-state index is 0.00913. The Labute approximate surface area is 153 Å². The van der Waals surface area contributed by atoms with E-state index in [0.29, 0.717) is 4.88 Å². The van der Waals surface area contributed by atoms with Crippen molar-refractivity contribution in [3.05, 3.63) is 41.3 Å². The molecule has 0 aliphatic rings. The van der Waals surface area contributed by atoms with Crippen LogP contribution in [0.3, 0.4) is 0 Å². The summed E-state index contributed by atoms with van der Waals surface area (Å²) in [5.74, 6) is -0.794. The molecule has 0 saturated heterocycles. The highest BCUT2D eigenvalue weighted by molar-refractivity contribution is 7.26. The Hall–Kier alpha value is -2.25. The molecule has 3 aromatic rings. The number of thiophene rings is 1. The summed E-state index contributed by atoms with van der Waals surface area (Å²) >= 11 is 2.96. The average molecular weight is 374 g/mol. The Kier molecular flexibility index (Phi) is 5.15. The minimum Gasteiger partial charge on any atom is -0.368 e. The number of para-hydroxylation sites is 1. The maximum absolute atomic E-state index is 12.5. The molecule has 2 aromatic heterocycles. The molecular formula is C18H19N3O2S2. The minimum atomic E-state index is -0.662. The number of amides is 2. The van der Waals surface area contributed by atoms with Gasteiger partial charge in [-0.25, -0.2) is 4.98 Å². The number of fused-ring (bicyclic) bond motifs is 1. The van der Waals surface area contributed by atoms with E-state index in [0.717, 1.165) is 26.5 Å². The maximum atomic E-state index is 12.5. The highest BCUT2D eigenvalue weighted by Gasteiger charge is 2.25. The normalized spacial score (nSPS) is 13.5. The van der Waals surface area contributed by atoms with Crippen molar-refractivity contribution < 1.29 is 9.59 Å². The van der Waals surface area contributed by atoms with E-state index in [1.165, 1.54) is 11.3 Å². The summed E-state index contributed by atoms with van der Waals surface area (Å²) in [6.07, 6.45) is 0.759. The molecule has 7 heteroatoms. The molecule has 3 rings (SSSR count). The molecule has 2 heterocycles. The Morgan fingerprint density at radius 3 is 2.64 bits per heavy atom. The van der Waals surface area contributed by atoms with Gasteiger partial charge in [0, 0.05) is 0 Å². The van der Waals surface area contributed by atoms with Gasteiger partial charge in [-0.3, -0.25) is 9.59 Å². The number of hydrogen-bond acceptors (Lipinski definition) is 5. The van der Waals surface area contributed by atoms with Crippen molar-refractivity contribution in [2.24, 2.45) is 11.7 Å². The zero-order valence-corrected chi connectivity index (χ0v) is 15.6. The second kappa shape index (κ2) is 7.33. The van der Waals surface area contributed by atoms with Gasteiger partial charge in [0.1, 0.15) is 11.0 Å². The van der Waals surface area contributed by atoms with Crippen molar-refractivity contribution >= 4 is 44.7 Å². The predicted molar refractivity (Wildman–Crippen MR) is 103 cm³/mol. The third kappa shape index (κ3) is 3.72. The number of hydrogen-bond donors (Lipinski definition) is 2. The van der Waals surface area contributed by atoms with Crippen molar-refractivity contribution in [3.8, 4) is 9.88 Å². The molecule has 0 fully saturated rings. The third-order valence-corrected chi connectivity index (χ3v) is 6.43. The van der Waals surface area contributed by atoms with Crippen LogP contribution in [0, 0.1) is 5.92 Å². The molecule has 2 atom stereocenters. The van der Waals surface area contributed by atoms with Gasteiger partial charge in [-0.1, -0.05) is 32.4 Å². The molecule has 0 aliphatic carbocycles. The van der Waals surface area contributed by atoms with Crippen molar-refractivity contribution in [1.29, 1.82) is 0 Å². The first-order valence-corrected chi connectivity index (χ1v) is 9.69. The second-order valence-corrected chi connectivity index (χ2v) is 8.00. The van der Waals surface area contributed by atoms with Gasteiger partial charge in [-0.2, -0.15) is 0 Å². The summed E-state index contributed by atoms with van der Waals surface area (Å²) < 4.78 is 1.11. The van der Waals surface area contributed by atoms with Crippen LogP contribution in [-0.2, 0) is 4.79 Å². The van der Waals surface area contributed by atoms with Crippen LogP contribution in [-0.4, -0.2) is 22.8 Å². The van der Waals surface area contributed by atoms with E-state index in [2.05, 4.69) is 10.3 Å². The molecule has 130 valence electrons. The molecule has 2 unspecified atom stereocenters. The van der Waals surface area contributed by atoms with Crippen LogP contribution in [0.1, 0.15) is 29.9 Å². The highest BCUT2D eigenvalue weighted by atomic mass is 32.1. The van der Waals surface area contributed by atoms with E-state index in [9.17, 15) is 9.59 Å². The summed E-state index contributed by atoms with van der Waals surface area (Å²) in [7, 11) is 0. The van der Waals surface area contributed by atoms with Crippen LogP contribution in [0.25, 0.3) is 20.1 Å². The zero-order chi connectivity index (χ0) is 18.0. The van der Waals surface area contributed by atoms with E-state index >= 15 is 0 Å². The van der Waals surface area contributed by atoms with Gasteiger partial charge in [-0.15, -0.1) is 22.7 Å². The Bertz CT molecular complexity index is 883. The molecule has 0 saturated carbocycles. The van der Waals surface area contributed by atoms with Crippen molar-refractivity contribution in [2.45, 2.75) is 26.3 Å². The summed E-state index contributed by atoms with van der Waals surface area (Å²) in [6, 6.07) is 10.9. The first-order chi connectivity index (χ1) is 12.0. The van der Waals surface area contributed by atoms with Gasteiger partial charge in [0.25, 0.3) is 5.91 Å². The molecule has 5 nitrogen and oxygen atoms in total. The smallest absolute Gasteiger partial charge is 0.262 e. The van der Waals surface area contributed by atoms with Gasteiger partial charge in [-0.05, 0) is 30.2 Å². The Balaban J connectivity index is 1.80. The average Bonchev–Trinajstić information content (AvgIpc) is 3.24. The fourth-order valence-corrected chi connectivity index (χ4v) is 4.42. The quantitative estimate of drug-likeness (QED) is 0.691. The number of primary amides is 1. The van der Waals surface area contributed by atoms with Crippen LogP contribution in [0.15, 0.2) is 36.4 Å². The summed E-state index contributed by atoms with van der Waals surface area (Å²) in [5.41, 5.74) is 6.37. The van der Waals surface area contributed by atoms with Gasteiger partial charge in [0.2, 0.25) is 5.91 Å². The van der Waals surface area contributed by atoms with E-state index in [1.807, 2.05) is 44.2 Å². The lowest BCUT2D eigenvalue weighted by Crippen LogP contribution is -2.48. The van der Waals surface area contributed by atoms with Crippen LogP contribution in [0.5, 0.6) is 0 Å². The number of nitrogens with two attached hydrogens (primary N) is 1. The summed E-state index contributed by atoms with van der Waals surface area (Å²) in [4.78, 5) is 30.2. The lowest BCUT2D eigenvalue weighted by atomic mass is 9.98. The molecular weight excluding hydrogens is 354 g/mol. The summed E-state index contributed by atoms with van der Waals surface area (Å²) in [6.45, 7) is 3.86. The van der Waals surface area contributed by atoms with Gasteiger partial charge >= 0.3 is 0 Å². The van der Waals surface area contributed by atoms with Crippen LogP contribution < -0.4 is 11.1 Å². The fourth-order valence-electron chi connectivity index (χ4n) is 2.49. The standard InChI is InChI=1S/C18H19N3O2S2/c1-3-10(2)15(16(19)22)21-17(23)13-8-9-14(24-13)18-20-11-6-4-5-7-12(11)25-18/h4-10,15H,3H2,1-2H3,(H2,19,22)(H,21,23). The first kappa shape index (κ1) is 17.6. The number of carbonyl (C=O) groups excluding carboxylic acids is 2. The summed E-state index contributed by atoms with van der Waals surface area (Å²) in [5, 5.41) is 3.64. The molecule has 0 radical (unpaired) electrons. The number of nitrogens with zero attached hydrogens (tertiary/aromatic N) is 1. The van der Waals surface area contributed by atoms with Gasteiger partial charge < -0.3 is 11.1 Å². The number of benzene rings is 1. The van der Waals surface area contributed by atoms with E-state index in [-0.39, 0.29) is 11.8 Å². The largest absolute Gasteiger partial charge is 0.368 e. The second-order valence-electron chi connectivity index (χ2n) is 5.89. The van der Waals surface area contributed by atoms with Crippen LogP contribution in [0.2, 0.25) is 0 Å². The number of thiazole rings is 1. The van der Waals surface area contributed by atoms with E-state index < -0.39 is 11.9 Å². The van der Waals surface area contributed by atoms with Gasteiger partial charge in [0.15, 0.2) is 0 Å². The molecule has 0 spiro atoms. The maximum Gasteiger partial charge on any atom is 0.262 e. The molecule has 2 amide bonds. The number of carbonyl (C=O) groups is 2. The SMILES string of the molecule is CCC(C)C(NC(=O)c1ccc(-c2nc3ccccc3s2)s1)C(N)=O. The van der Waals surface area contributed by atoms with E-state index in [1.54, 1.807) is 17.4 Å². The Morgan fingerprint density at radius 2 is 1.96 bits per heavy atom. The van der Waals surface area contributed by atoms with Crippen molar-refractivity contribution in [2.75, 3.05) is 0 Å². The van der Waals surface area contributed by atoms with Crippen LogP contribution >= 0.6 is 22.7 Å². The first-order valence-electron chi connectivity index (χ1n) is 8.05. The molecule has 1 aromatic carbocycles. The predicted octanol–water partition coefficient (Wildman–Crippen LogP) is 3.65. The molecule has 0 bridgehead atoms. The number of nitrogens with one attached hydrogen (secondary N) is 1. The number of rotatable bonds is 6. The molecule has 0 aliphatic heterocycles. The van der Waals surface area contributed by atoms with Crippen molar-refractivity contribution in [1.82, 2.24) is 10.3 Å². The molecule has 3 N–H and O–H groups in total. The van der Waals surface area contributed by atoms with E-state index in [4.69, 9.17) is 5.73 Å². The Morgan fingerprint density at radius 1 is 1.20 bits per heavy atom.